The Kier molecular flexibility index (Phi) is 5.87. The van der Waals surface area contributed by atoms with Crippen LogP contribution in [0.25, 0.3) is 0 Å². The largest absolute Gasteiger partial charge is 0.465 e. The number of nitrogens with one attached hydrogen (secondary N) is 1. The van der Waals surface area contributed by atoms with E-state index in [2.05, 4.69) is 12.2 Å². The summed E-state index contributed by atoms with van der Waals surface area (Å²) in [5.41, 5.74) is 1.00. The Labute approximate surface area is 111 Å². The Balaban J connectivity index is 2.53. The Morgan fingerprint density at radius 1 is 1.37 bits per heavy atom. The molecule has 1 aromatic heterocycles. The standard InChI is InChI=1S/C13H21F3N2O/c1-4-5-17-7-11-6-12(19-10(11)2)8-18(3)9-13(14,15)16/h6,17H,4-5,7-9H2,1-3H3. The fourth-order valence-corrected chi connectivity index (χ4v) is 1.87. The summed E-state index contributed by atoms with van der Waals surface area (Å²) >= 11 is 0. The van der Waals surface area contributed by atoms with E-state index in [4.69, 9.17) is 4.42 Å². The van der Waals surface area contributed by atoms with Crippen LogP contribution in [-0.4, -0.2) is 31.2 Å². The zero-order valence-electron chi connectivity index (χ0n) is 11.6. The third kappa shape index (κ3) is 6.11. The van der Waals surface area contributed by atoms with Gasteiger partial charge in [0.1, 0.15) is 11.5 Å². The average molecular weight is 278 g/mol. The van der Waals surface area contributed by atoms with E-state index in [0.29, 0.717) is 12.3 Å². The highest BCUT2D eigenvalue weighted by Gasteiger charge is 2.29. The van der Waals surface area contributed by atoms with Gasteiger partial charge in [0, 0.05) is 12.1 Å². The van der Waals surface area contributed by atoms with Gasteiger partial charge in [0.05, 0.1) is 13.1 Å². The van der Waals surface area contributed by atoms with Gasteiger partial charge in [0.15, 0.2) is 0 Å². The van der Waals surface area contributed by atoms with Gasteiger partial charge < -0.3 is 9.73 Å². The maximum Gasteiger partial charge on any atom is 0.401 e. The number of aryl methyl sites for hydroxylation is 1. The van der Waals surface area contributed by atoms with Crippen molar-refractivity contribution in [3.05, 3.63) is 23.2 Å². The van der Waals surface area contributed by atoms with Crippen molar-refractivity contribution in [1.82, 2.24) is 10.2 Å². The van der Waals surface area contributed by atoms with Crippen LogP contribution < -0.4 is 5.32 Å². The number of hydrogen-bond acceptors (Lipinski definition) is 3. The smallest absolute Gasteiger partial charge is 0.401 e. The van der Waals surface area contributed by atoms with Gasteiger partial charge in [-0.15, -0.1) is 0 Å². The molecule has 110 valence electrons. The van der Waals surface area contributed by atoms with Crippen molar-refractivity contribution >= 4 is 0 Å². The molecular formula is C13H21F3N2O. The van der Waals surface area contributed by atoms with Gasteiger partial charge >= 0.3 is 6.18 Å². The van der Waals surface area contributed by atoms with E-state index >= 15 is 0 Å². The molecule has 0 bridgehead atoms. The molecule has 0 aliphatic carbocycles. The van der Waals surface area contributed by atoms with Crippen molar-refractivity contribution in [2.45, 2.75) is 39.5 Å². The van der Waals surface area contributed by atoms with E-state index in [0.717, 1.165) is 24.3 Å². The number of alkyl halides is 3. The van der Waals surface area contributed by atoms with Gasteiger partial charge in [-0.1, -0.05) is 6.92 Å². The minimum absolute atomic E-state index is 0.161. The van der Waals surface area contributed by atoms with Gasteiger partial charge in [0.2, 0.25) is 0 Å². The maximum absolute atomic E-state index is 12.2. The molecule has 19 heavy (non-hydrogen) atoms. The van der Waals surface area contributed by atoms with Gasteiger partial charge in [0.25, 0.3) is 0 Å². The van der Waals surface area contributed by atoms with E-state index in [-0.39, 0.29) is 6.54 Å². The van der Waals surface area contributed by atoms with Crippen molar-refractivity contribution < 1.29 is 17.6 Å². The molecule has 0 saturated heterocycles. The lowest BCUT2D eigenvalue weighted by Crippen LogP contribution is -2.30. The van der Waals surface area contributed by atoms with Crippen LogP contribution in [0.15, 0.2) is 10.5 Å². The maximum atomic E-state index is 12.2. The van der Waals surface area contributed by atoms with E-state index < -0.39 is 12.7 Å². The summed E-state index contributed by atoms with van der Waals surface area (Å²) in [5, 5.41) is 3.24. The van der Waals surface area contributed by atoms with Crippen molar-refractivity contribution in [1.29, 1.82) is 0 Å². The lowest BCUT2D eigenvalue weighted by molar-refractivity contribution is -0.144. The highest BCUT2D eigenvalue weighted by atomic mass is 19.4. The van der Waals surface area contributed by atoms with Crippen LogP contribution in [0, 0.1) is 6.92 Å². The zero-order chi connectivity index (χ0) is 14.5. The summed E-state index contributed by atoms with van der Waals surface area (Å²) in [6, 6.07) is 1.82. The summed E-state index contributed by atoms with van der Waals surface area (Å²) in [4.78, 5) is 1.20. The van der Waals surface area contributed by atoms with Gasteiger partial charge in [-0.25, -0.2) is 0 Å². The zero-order valence-corrected chi connectivity index (χ0v) is 11.6. The summed E-state index contributed by atoms with van der Waals surface area (Å²) in [6.07, 6.45) is -3.14. The van der Waals surface area contributed by atoms with Crippen molar-refractivity contribution in [3.8, 4) is 0 Å². The Hall–Kier alpha value is -1.01. The molecule has 3 nitrogen and oxygen atoms in total. The predicted octanol–water partition coefficient (Wildman–Crippen LogP) is 3.08. The first-order chi connectivity index (χ1) is 8.81. The number of nitrogens with zero attached hydrogens (tertiary/aromatic N) is 1. The van der Waals surface area contributed by atoms with Crippen molar-refractivity contribution in [2.75, 3.05) is 20.1 Å². The number of rotatable bonds is 7. The Morgan fingerprint density at radius 3 is 2.63 bits per heavy atom. The van der Waals surface area contributed by atoms with Gasteiger partial charge in [-0.2, -0.15) is 13.2 Å². The third-order valence-electron chi connectivity index (χ3n) is 2.69. The quantitative estimate of drug-likeness (QED) is 0.777. The second-order valence-corrected chi connectivity index (χ2v) is 4.76. The lowest BCUT2D eigenvalue weighted by Gasteiger charge is -2.16. The molecule has 0 unspecified atom stereocenters. The molecule has 0 radical (unpaired) electrons. The number of hydrogen-bond donors (Lipinski definition) is 1. The highest BCUT2D eigenvalue weighted by Crippen LogP contribution is 2.19. The molecule has 1 rings (SSSR count). The summed E-state index contributed by atoms with van der Waals surface area (Å²) < 4.78 is 42.1. The van der Waals surface area contributed by atoms with Crippen molar-refractivity contribution in [3.63, 3.8) is 0 Å². The van der Waals surface area contributed by atoms with Gasteiger partial charge in [-0.05, 0) is 33.0 Å². The third-order valence-corrected chi connectivity index (χ3v) is 2.69. The monoisotopic (exact) mass is 278 g/mol. The summed E-state index contributed by atoms with van der Waals surface area (Å²) in [5.74, 6) is 1.33. The second-order valence-electron chi connectivity index (χ2n) is 4.76. The predicted molar refractivity (Wildman–Crippen MR) is 67.8 cm³/mol. The Morgan fingerprint density at radius 2 is 2.05 bits per heavy atom. The molecule has 1 aromatic rings. The summed E-state index contributed by atoms with van der Waals surface area (Å²) in [6.45, 7) is 4.73. The van der Waals surface area contributed by atoms with Crippen molar-refractivity contribution in [2.24, 2.45) is 0 Å². The minimum Gasteiger partial charge on any atom is -0.465 e. The number of furan rings is 1. The van der Waals surface area contributed by atoms with E-state index in [9.17, 15) is 13.2 Å². The topological polar surface area (TPSA) is 28.4 Å². The molecular weight excluding hydrogens is 257 g/mol. The molecule has 6 heteroatoms. The molecule has 0 saturated carbocycles. The first-order valence-corrected chi connectivity index (χ1v) is 6.36. The van der Waals surface area contributed by atoms with Crippen LogP contribution in [0.4, 0.5) is 13.2 Å². The van der Waals surface area contributed by atoms with Crippen LogP contribution in [0.1, 0.15) is 30.4 Å². The molecule has 0 spiro atoms. The van der Waals surface area contributed by atoms with E-state index in [1.54, 1.807) is 0 Å². The first-order valence-electron chi connectivity index (χ1n) is 6.36. The molecule has 0 aliphatic heterocycles. The van der Waals surface area contributed by atoms with Crippen LogP contribution in [0.2, 0.25) is 0 Å². The van der Waals surface area contributed by atoms with Gasteiger partial charge in [-0.3, -0.25) is 4.90 Å². The molecule has 1 heterocycles. The normalized spacial score (nSPS) is 12.4. The average Bonchev–Trinajstić information content (AvgIpc) is 2.56. The summed E-state index contributed by atoms with van der Waals surface area (Å²) in [7, 11) is 1.43. The minimum atomic E-state index is -4.18. The molecule has 1 N–H and O–H groups in total. The fourth-order valence-electron chi connectivity index (χ4n) is 1.87. The highest BCUT2D eigenvalue weighted by molar-refractivity contribution is 5.20. The lowest BCUT2D eigenvalue weighted by atomic mass is 10.2. The van der Waals surface area contributed by atoms with E-state index in [1.165, 1.54) is 11.9 Å². The number of halogens is 3. The molecule has 0 atom stereocenters. The van der Waals surface area contributed by atoms with Crippen LogP contribution in [0.3, 0.4) is 0 Å². The Bertz CT molecular complexity index is 388. The van der Waals surface area contributed by atoms with Crippen LogP contribution >= 0.6 is 0 Å². The molecule has 0 amide bonds. The molecule has 0 fully saturated rings. The van der Waals surface area contributed by atoms with Crippen LogP contribution in [-0.2, 0) is 13.1 Å². The molecule has 0 aromatic carbocycles. The second kappa shape index (κ2) is 6.96. The fraction of sp³-hybridized carbons (Fsp3) is 0.692. The first kappa shape index (κ1) is 16.0. The van der Waals surface area contributed by atoms with E-state index in [1.807, 2.05) is 13.0 Å². The molecule has 0 aliphatic rings. The van der Waals surface area contributed by atoms with Crippen LogP contribution in [0.5, 0.6) is 0 Å². The SMILES string of the molecule is CCCNCc1cc(CN(C)CC(F)(F)F)oc1C.